The third-order valence-electron chi connectivity index (χ3n) is 3.82. The molecule has 2 rings (SSSR count). The van der Waals surface area contributed by atoms with E-state index in [-0.39, 0.29) is 0 Å². The lowest BCUT2D eigenvalue weighted by Gasteiger charge is -2.19. The average molecular weight is 271 g/mol. The van der Waals surface area contributed by atoms with Crippen molar-refractivity contribution in [2.24, 2.45) is 0 Å². The number of aromatic nitrogens is 2. The second kappa shape index (κ2) is 6.71. The Morgan fingerprint density at radius 2 is 2.05 bits per heavy atom. The van der Waals surface area contributed by atoms with Crippen molar-refractivity contribution in [2.75, 3.05) is 7.05 Å². The highest BCUT2D eigenvalue weighted by molar-refractivity contribution is 5.32. The highest BCUT2D eigenvalue weighted by atomic mass is 15.3. The number of hydrogen-bond donors (Lipinski definition) is 1. The number of likely N-dealkylation sites (N-methyl/N-ethyl adjacent to an activating group) is 1. The summed E-state index contributed by atoms with van der Waals surface area (Å²) in [5, 5.41) is 7.87. The van der Waals surface area contributed by atoms with Gasteiger partial charge in [0.05, 0.1) is 11.7 Å². The molecule has 1 aromatic heterocycles. The zero-order valence-electron chi connectivity index (χ0n) is 13.0. The van der Waals surface area contributed by atoms with Gasteiger partial charge in [-0.15, -0.1) is 0 Å². The lowest BCUT2D eigenvalue weighted by Crippen LogP contribution is -2.23. The molecule has 1 atom stereocenters. The zero-order chi connectivity index (χ0) is 14.5. The summed E-state index contributed by atoms with van der Waals surface area (Å²) in [5.74, 6) is 0. The number of nitrogens with zero attached hydrogens (tertiary/aromatic N) is 2. The molecule has 0 aliphatic rings. The van der Waals surface area contributed by atoms with Gasteiger partial charge < -0.3 is 5.32 Å². The topological polar surface area (TPSA) is 29.9 Å². The van der Waals surface area contributed by atoms with Crippen LogP contribution in [-0.2, 0) is 13.0 Å². The van der Waals surface area contributed by atoms with Crippen molar-refractivity contribution in [3.63, 3.8) is 0 Å². The first kappa shape index (κ1) is 14.8. The summed E-state index contributed by atoms with van der Waals surface area (Å²) in [4.78, 5) is 0. The quantitative estimate of drug-likeness (QED) is 0.872. The van der Waals surface area contributed by atoms with Crippen molar-refractivity contribution in [1.29, 1.82) is 0 Å². The highest BCUT2D eigenvalue weighted by Gasteiger charge is 2.15. The molecule has 0 saturated carbocycles. The third kappa shape index (κ3) is 3.28. The van der Waals surface area contributed by atoms with Crippen LogP contribution >= 0.6 is 0 Å². The molecule has 1 unspecified atom stereocenters. The van der Waals surface area contributed by atoms with Crippen LogP contribution in [0.3, 0.4) is 0 Å². The molecule has 1 N–H and O–H groups in total. The molecule has 0 aliphatic carbocycles. The van der Waals surface area contributed by atoms with E-state index in [2.05, 4.69) is 60.1 Å². The minimum atomic E-state index is 0.310. The number of hydrogen-bond acceptors (Lipinski definition) is 2. The van der Waals surface area contributed by atoms with Gasteiger partial charge in [0.2, 0.25) is 0 Å². The second-order valence-corrected chi connectivity index (χ2v) is 5.45. The Kier molecular flexibility index (Phi) is 4.96. The molecule has 20 heavy (non-hydrogen) atoms. The molecule has 108 valence electrons. The van der Waals surface area contributed by atoms with Crippen LogP contribution in [0.2, 0.25) is 0 Å². The molecular weight excluding hydrogens is 246 g/mol. The molecular formula is C17H25N3. The van der Waals surface area contributed by atoms with E-state index in [0.29, 0.717) is 6.04 Å². The van der Waals surface area contributed by atoms with Crippen molar-refractivity contribution in [1.82, 2.24) is 15.1 Å². The van der Waals surface area contributed by atoms with E-state index in [1.807, 2.05) is 13.2 Å². The molecule has 0 radical (unpaired) electrons. The zero-order valence-corrected chi connectivity index (χ0v) is 13.0. The van der Waals surface area contributed by atoms with Crippen LogP contribution in [0.4, 0.5) is 0 Å². The molecule has 0 bridgehead atoms. The lowest BCUT2D eigenvalue weighted by atomic mass is 9.97. The monoisotopic (exact) mass is 271 g/mol. The average Bonchev–Trinajstić information content (AvgIpc) is 2.88. The van der Waals surface area contributed by atoms with Crippen LogP contribution in [0.1, 0.15) is 41.8 Å². The van der Waals surface area contributed by atoms with Gasteiger partial charge in [0, 0.05) is 12.7 Å². The maximum atomic E-state index is 4.43. The van der Waals surface area contributed by atoms with Gasteiger partial charge in [-0.2, -0.15) is 5.10 Å². The van der Waals surface area contributed by atoms with Crippen LogP contribution in [-0.4, -0.2) is 16.8 Å². The Labute approximate surface area is 122 Å². The summed E-state index contributed by atoms with van der Waals surface area (Å²) in [6.45, 7) is 7.50. The van der Waals surface area contributed by atoms with E-state index in [0.717, 1.165) is 19.4 Å². The number of rotatable bonds is 6. The third-order valence-corrected chi connectivity index (χ3v) is 3.82. The van der Waals surface area contributed by atoms with Gasteiger partial charge in [-0.25, -0.2) is 0 Å². The molecule has 3 heteroatoms. The van der Waals surface area contributed by atoms with Gasteiger partial charge >= 0.3 is 0 Å². The molecule has 2 aromatic rings. The van der Waals surface area contributed by atoms with Crippen LogP contribution in [0.15, 0.2) is 30.5 Å². The molecule has 1 aromatic carbocycles. The van der Waals surface area contributed by atoms with Gasteiger partial charge in [0.15, 0.2) is 0 Å². The van der Waals surface area contributed by atoms with Gasteiger partial charge in [-0.05, 0) is 50.9 Å². The molecule has 0 spiro atoms. The fraction of sp³-hybridized carbons (Fsp3) is 0.471. The van der Waals surface area contributed by atoms with Gasteiger partial charge in [-0.3, -0.25) is 4.68 Å². The van der Waals surface area contributed by atoms with Crippen molar-refractivity contribution < 1.29 is 0 Å². The predicted octanol–water partition coefficient (Wildman–Crippen LogP) is 3.41. The van der Waals surface area contributed by atoms with Crippen LogP contribution in [0.5, 0.6) is 0 Å². The summed E-state index contributed by atoms with van der Waals surface area (Å²) < 4.78 is 2.12. The summed E-state index contributed by atoms with van der Waals surface area (Å²) in [5.41, 5.74) is 5.36. The molecule has 0 amide bonds. The Bertz CT molecular complexity index is 557. The van der Waals surface area contributed by atoms with Crippen LogP contribution in [0.25, 0.3) is 0 Å². The van der Waals surface area contributed by atoms with Crippen molar-refractivity contribution >= 4 is 0 Å². The number of nitrogens with one attached hydrogen (secondary N) is 1. The van der Waals surface area contributed by atoms with E-state index in [1.165, 1.54) is 22.4 Å². The van der Waals surface area contributed by atoms with Crippen LogP contribution < -0.4 is 5.32 Å². The van der Waals surface area contributed by atoms with E-state index in [9.17, 15) is 0 Å². The first-order chi connectivity index (χ1) is 9.65. The highest BCUT2D eigenvalue weighted by Crippen LogP contribution is 2.21. The fourth-order valence-electron chi connectivity index (χ4n) is 2.63. The summed E-state index contributed by atoms with van der Waals surface area (Å²) in [6.07, 6.45) is 4.01. The first-order valence-corrected chi connectivity index (χ1v) is 7.40. The van der Waals surface area contributed by atoms with Gasteiger partial charge in [0.1, 0.15) is 0 Å². The number of aryl methyl sites for hydroxylation is 3. The Balaban J connectivity index is 2.24. The Morgan fingerprint density at radius 3 is 2.75 bits per heavy atom. The normalized spacial score (nSPS) is 12.6. The molecule has 3 nitrogen and oxygen atoms in total. The van der Waals surface area contributed by atoms with E-state index in [1.54, 1.807) is 0 Å². The molecule has 1 heterocycles. The number of benzene rings is 1. The SMILES string of the molecule is CCCn1nccc1C(Cc1cc(C)ccc1C)NC. The second-order valence-electron chi connectivity index (χ2n) is 5.45. The summed E-state index contributed by atoms with van der Waals surface area (Å²) >= 11 is 0. The van der Waals surface area contributed by atoms with Crippen LogP contribution in [0, 0.1) is 13.8 Å². The summed E-state index contributed by atoms with van der Waals surface area (Å²) in [6, 6.07) is 9.11. The summed E-state index contributed by atoms with van der Waals surface area (Å²) in [7, 11) is 2.03. The van der Waals surface area contributed by atoms with E-state index >= 15 is 0 Å². The van der Waals surface area contributed by atoms with Crippen molar-refractivity contribution in [2.45, 2.75) is 46.2 Å². The molecule has 0 saturated heterocycles. The Morgan fingerprint density at radius 1 is 1.25 bits per heavy atom. The molecule has 0 fully saturated rings. The lowest BCUT2D eigenvalue weighted by molar-refractivity contribution is 0.496. The van der Waals surface area contributed by atoms with Gasteiger partial charge in [0.25, 0.3) is 0 Å². The fourth-order valence-corrected chi connectivity index (χ4v) is 2.63. The van der Waals surface area contributed by atoms with Gasteiger partial charge in [-0.1, -0.05) is 30.7 Å². The van der Waals surface area contributed by atoms with Crippen molar-refractivity contribution in [3.05, 3.63) is 52.8 Å². The maximum Gasteiger partial charge on any atom is 0.0556 e. The minimum absolute atomic E-state index is 0.310. The molecule has 0 aliphatic heterocycles. The first-order valence-electron chi connectivity index (χ1n) is 7.40. The smallest absolute Gasteiger partial charge is 0.0556 e. The standard InChI is InChI=1S/C17H25N3/c1-5-10-20-17(8-9-19-20)16(18-4)12-15-11-13(2)6-7-14(15)3/h6-9,11,16,18H,5,10,12H2,1-4H3. The maximum absolute atomic E-state index is 4.43. The predicted molar refractivity (Wildman–Crippen MR) is 83.9 cm³/mol. The van der Waals surface area contributed by atoms with Crippen molar-refractivity contribution in [3.8, 4) is 0 Å². The van der Waals surface area contributed by atoms with E-state index < -0.39 is 0 Å². The van der Waals surface area contributed by atoms with E-state index in [4.69, 9.17) is 0 Å². The Hall–Kier alpha value is -1.61. The minimum Gasteiger partial charge on any atom is -0.311 e. The largest absolute Gasteiger partial charge is 0.311 e.